The van der Waals surface area contributed by atoms with Gasteiger partial charge in [0.1, 0.15) is 0 Å². The molecule has 1 saturated carbocycles. The Morgan fingerprint density at radius 2 is 2.24 bits per heavy atom. The SMILES string of the molecule is CCOCC(C)NC(=O)C1CC(N)CCC1C. The molecule has 1 rings (SSSR count). The molecule has 0 bridgehead atoms. The molecular weight excluding hydrogens is 216 g/mol. The van der Waals surface area contributed by atoms with Gasteiger partial charge in [-0.05, 0) is 39.0 Å². The summed E-state index contributed by atoms with van der Waals surface area (Å²) in [5.74, 6) is 0.650. The first-order valence-electron chi connectivity index (χ1n) is 6.68. The van der Waals surface area contributed by atoms with Gasteiger partial charge in [0.2, 0.25) is 5.91 Å². The minimum atomic E-state index is 0.0721. The van der Waals surface area contributed by atoms with Gasteiger partial charge in [0.15, 0.2) is 0 Å². The molecule has 0 radical (unpaired) electrons. The van der Waals surface area contributed by atoms with Crippen LogP contribution in [-0.2, 0) is 9.53 Å². The number of amides is 1. The Bertz CT molecular complexity index is 246. The molecule has 100 valence electrons. The summed E-state index contributed by atoms with van der Waals surface area (Å²) < 4.78 is 5.29. The molecule has 0 aromatic rings. The highest BCUT2D eigenvalue weighted by atomic mass is 16.5. The summed E-state index contributed by atoms with van der Waals surface area (Å²) >= 11 is 0. The summed E-state index contributed by atoms with van der Waals surface area (Å²) in [6.07, 6.45) is 2.91. The Morgan fingerprint density at radius 3 is 2.88 bits per heavy atom. The Balaban J connectivity index is 2.39. The Labute approximate surface area is 104 Å². The van der Waals surface area contributed by atoms with Crippen molar-refractivity contribution in [1.29, 1.82) is 0 Å². The molecule has 0 heterocycles. The van der Waals surface area contributed by atoms with Gasteiger partial charge in [0.05, 0.1) is 6.61 Å². The third-order valence-corrected chi connectivity index (χ3v) is 3.53. The highest BCUT2D eigenvalue weighted by Crippen LogP contribution is 2.29. The third-order valence-electron chi connectivity index (χ3n) is 3.53. The van der Waals surface area contributed by atoms with Crippen LogP contribution in [-0.4, -0.2) is 31.2 Å². The summed E-state index contributed by atoms with van der Waals surface area (Å²) in [5.41, 5.74) is 5.93. The second kappa shape index (κ2) is 6.97. The summed E-state index contributed by atoms with van der Waals surface area (Å²) in [7, 11) is 0. The molecular formula is C13H26N2O2. The fourth-order valence-corrected chi connectivity index (χ4v) is 2.41. The molecule has 4 unspecified atom stereocenters. The lowest BCUT2D eigenvalue weighted by Crippen LogP contribution is -2.45. The topological polar surface area (TPSA) is 64.3 Å². The van der Waals surface area contributed by atoms with Crippen LogP contribution in [0.2, 0.25) is 0 Å². The van der Waals surface area contributed by atoms with Crippen molar-refractivity contribution in [2.75, 3.05) is 13.2 Å². The molecule has 0 spiro atoms. The Kier molecular flexibility index (Phi) is 5.92. The van der Waals surface area contributed by atoms with Crippen molar-refractivity contribution in [3.05, 3.63) is 0 Å². The van der Waals surface area contributed by atoms with E-state index < -0.39 is 0 Å². The first-order chi connectivity index (χ1) is 8.04. The number of carbonyl (C=O) groups excluding carboxylic acids is 1. The van der Waals surface area contributed by atoms with Crippen molar-refractivity contribution in [3.63, 3.8) is 0 Å². The van der Waals surface area contributed by atoms with Crippen molar-refractivity contribution in [3.8, 4) is 0 Å². The van der Waals surface area contributed by atoms with E-state index in [1.165, 1.54) is 0 Å². The van der Waals surface area contributed by atoms with Gasteiger partial charge in [0, 0.05) is 24.6 Å². The first kappa shape index (κ1) is 14.5. The number of carbonyl (C=O) groups is 1. The molecule has 1 amide bonds. The normalized spacial score (nSPS) is 30.9. The van der Waals surface area contributed by atoms with Gasteiger partial charge in [-0.2, -0.15) is 0 Å². The average molecular weight is 242 g/mol. The fraction of sp³-hybridized carbons (Fsp3) is 0.923. The molecule has 0 aliphatic heterocycles. The largest absolute Gasteiger partial charge is 0.380 e. The lowest BCUT2D eigenvalue weighted by atomic mass is 9.77. The number of hydrogen-bond acceptors (Lipinski definition) is 3. The van der Waals surface area contributed by atoms with Crippen molar-refractivity contribution in [1.82, 2.24) is 5.32 Å². The van der Waals surface area contributed by atoms with Gasteiger partial charge >= 0.3 is 0 Å². The summed E-state index contributed by atoms with van der Waals surface area (Å²) in [5, 5.41) is 3.02. The van der Waals surface area contributed by atoms with Crippen LogP contribution >= 0.6 is 0 Å². The lowest BCUT2D eigenvalue weighted by molar-refractivity contribution is -0.128. The quantitative estimate of drug-likeness (QED) is 0.763. The Morgan fingerprint density at radius 1 is 1.53 bits per heavy atom. The van der Waals surface area contributed by atoms with E-state index in [1.807, 2.05) is 13.8 Å². The molecule has 3 N–H and O–H groups in total. The van der Waals surface area contributed by atoms with E-state index in [0.717, 1.165) is 19.3 Å². The zero-order valence-corrected chi connectivity index (χ0v) is 11.2. The monoisotopic (exact) mass is 242 g/mol. The molecule has 0 aromatic carbocycles. The molecule has 0 saturated heterocycles. The molecule has 1 fully saturated rings. The molecule has 4 heteroatoms. The maximum atomic E-state index is 12.1. The van der Waals surface area contributed by atoms with E-state index in [2.05, 4.69) is 12.2 Å². The van der Waals surface area contributed by atoms with E-state index >= 15 is 0 Å². The van der Waals surface area contributed by atoms with Crippen LogP contribution in [0.25, 0.3) is 0 Å². The van der Waals surface area contributed by atoms with Gasteiger partial charge < -0.3 is 15.8 Å². The summed E-state index contributed by atoms with van der Waals surface area (Å²) in [6.45, 7) is 7.33. The molecule has 4 nitrogen and oxygen atoms in total. The van der Waals surface area contributed by atoms with Crippen LogP contribution in [0.15, 0.2) is 0 Å². The van der Waals surface area contributed by atoms with Gasteiger partial charge in [-0.3, -0.25) is 4.79 Å². The molecule has 17 heavy (non-hydrogen) atoms. The minimum absolute atomic E-state index is 0.0721. The van der Waals surface area contributed by atoms with Crippen LogP contribution in [0.3, 0.4) is 0 Å². The van der Waals surface area contributed by atoms with Crippen molar-refractivity contribution < 1.29 is 9.53 Å². The number of rotatable bonds is 5. The zero-order chi connectivity index (χ0) is 12.8. The summed E-state index contributed by atoms with van der Waals surface area (Å²) in [6, 6.07) is 0.261. The van der Waals surface area contributed by atoms with Crippen molar-refractivity contribution in [2.24, 2.45) is 17.6 Å². The van der Waals surface area contributed by atoms with Crippen molar-refractivity contribution in [2.45, 2.75) is 52.1 Å². The standard InChI is InChI=1S/C13H26N2O2/c1-4-17-8-10(3)15-13(16)12-7-11(14)6-5-9(12)2/h9-12H,4-8,14H2,1-3H3,(H,15,16). The van der Waals surface area contributed by atoms with Gasteiger partial charge in [-0.1, -0.05) is 6.92 Å². The van der Waals surface area contributed by atoms with E-state index in [1.54, 1.807) is 0 Å². The van der Waals surface area contributed by atoms with E-state index in [9.17, 15) is 4.79 Å². The molecule has 0 aromatic heterocycles. The molecule has 1 aliphatic rings. The third kappa shape index (κ3) is 4.64. The maximum absolute atomic E-state index is 12.1. The van der Waals surface area contributed by atoms with Gasteiger partial charge in [-0.25, -0.2) is 0 Å². The van der Waals surface area contributed by atoms with Crippen LogP contribution in [0.4, 0.5) is 0 Å². The number of ether oxygens (including phenoxy) is 1. The second-order valence-corrected chi connectivity index (χ2v) is 5.23. The number of hydrogen-bond donors (Lipinski definition) is 2. The number of nitrogens with one attached hydrogen (secondary N) is 1. The van der Waals surface area contributed by atoms with Crippen LogP contribution in [0.1, 0.15) is 40.0 Å². The highest BCUT2D eigenvalue weighted by molar-refractivity contribution is 5.79. The fourth-order valence-electron chi connectivity index (χ4n) is 2.41. The molecule has 4 atom stereocenters. The summed E-state index contributed by atoms with van der Waals surface area (Å²) in [4.78, 5) is 12.1. The average Bonchev–Trinajstić information content (AvgIpc) is 2.29. The van der Waals surface area contributed by atoms with Gasteiger partial charge in [0.25, 0.3) is 0 Å². The smallest absolute Gasteiger partial charge is 0.223 e. The van der Waals surface area contributed by atoms with E-state index in [-0.39, 0.29) is 23.9 Å². The minimum Gasteiger partial charge on any atom is -0.380 e. The maximum Gasteiger partial charge on any atom is 0.223 e. The van der Waals surface area contributed by atoms with E-state index in [0.29, 0.717) is 19.1 Å². The lowest BCUT2D eigenvalue weighted by Gasteiger charge is -2.32. The van der Waals surface area contributed by atoms with E-state index in [4.69, 9.17) is 10.5 Å². The Hall–Kier alpha value is -0.610. The zero-order valence-electron chi connectivity index (χ0n) is 11.2. The predicted molar refractivity (Wildman–Crippen MR) is 68.6 cm³/mol. The highest BCUT2D eigenvalue weighted by Gasteiger charge is 2.31. The van der Waals surface area contributed by atoms with Crippen LogP contribution in [0.5, 0.6) is 0 Å². The predicted octanol–water partition coefficient (Wildman–Crippen LogP) is 1.29. The first-order valence-corrected chi connectivity index (χ1v) is 6.68. The number of nitrogens with two attached hydrogens (primary N) is 1. The van der Waals surface area contributed by atoms with Crippen molar-refractivity contribution >= 4 is 5.91 Å². The van der Waals surface area contributed by atoms with Gasteiger partial charge in [-0.15, -0.1) is 0 Å². The second-order valence-electron chi connectivity index (χ2n) is 5.23. The van der Waals surface area contributed by atoms with Crippen LogP contribution < -0.4 is 11.1 Å². The van der Waals surface area contributed by atoms with Crippen LogP contribution in [0, 0.1) is 11.8 Å². The molecule has 1 aliphatic carbocycles.